The van der Waals surface area contributed by atoms with Crippen LogP contribution in [-0.2, 0) is 14.8 Å². The second-order valence-corrected chi connectivity index (χ2v) is 9.69. The van der Waals surface area contributed by atoms with Gasteiger partial charge in [-0.05, 0) is 64.5 Å². The van der Waals surface area contributed by atoms with Crippen LogP contribution in [0.25, 0.3) is 0 Å². The summed E-state index contributed by atoms with van der Waals surface area (Å²) in [5.41, 5.74) is 1.80. The molecule has 7 nitrogen and oxygen atoms in total. The van der Waals surface area contributed by atoms with Gasteiger partial charge in [0, 0.05) is 30.9 Å². The van der Waals surface area contributed by atoms with Gasteiger partial charge in [-0.15, -0.1) is 0 Å². The normalized spacial score (nSPS) is 25.2. The Balaban J connectivity index is 1.54. The number of anilines is 2. The number of fused-ring (bicyclic) bond motifs is 1. The number of benzene rings is 1. The van der Waals surface area contributed by atoms with E-state index in [0.29, 0.717) is 12.5 Å². The molecule has 1 aliphatic heterocycles. The van der Waals surface area contributed by atoms with E-state index in [0.717, 1.165) is 49.4 Å². The van der Waals surface area contributed by atoms with Gasteiger partial charge in [-0.3, -0.25) is 4.79 Å². The lowest BCUT2D eigenvalue weighted by Crippen LogP contribution is -2.44. The molecule has 3 rings (SSSR count). The summed E-state index contributed by atoms with van der Waals surface area (Å²) in [4.78, 5) is 14.0. The third-order valence-electron chi connectivity index (χ3n) is 5.65. The highest BCUT2D eigenvalue weighted by molar-refractivity contribution is 7.89. The fourth-order valence-corrected chi connectivity index (χ4v) is 4.84. The molecule has 28 heavy (non-hydrogen) atoms. The van der Waals surface area contributed by atoms with Crippen molar-refractivity contribution in [3.8, 4) is 5.75 Å². The van der Waals surface area contributed by atoms with Gasteiger partial charge in [0.1, 0.15) is 5.75 Å². The Bertz CT molecular complexity index is 804. The average molecular weight is 410 g/mol. The van der Waals surface area contributed by atoms with E-state index in [9.17, 15) is 13.2 Å². The van der Waals surface area contributed by atoms with Gasteiger partial charge in [-0.2, -0.15) is 0 Å². The summed E-state index contributed by atoms with van der Waals surface area (Å²) in [6.07, 6.45) is 3.29. The van der Waals surface area contributed by atoms with Gasteiger partial charge in [0.2, 0.25) is 10.0 Å². The van der Waals surface area contributed by atoms with E-state index in [1.807, 2.05) is 25.1 Å². The van der Waals surface area contributed by atoms with Crippen molar-refractivity contribution in [1.29, 1.82) is 0 Å². The van der Waals surface area contributed by atoms with Crippen molar-refractivity contribution in [3.05, 3.63) is 18.2 Å². The third-order valence-corrected chi connectivity index (χ3v) is 7.10. The second kappa shape index (κ2) is 8.69. The summed E-state index contributed by atoms with van der Waals surface area (Å²) >= 11 is 0. The molecule has 1 aliphatic carbocycles. The first-order valence-corrected chi connectivity index (χ1v) is 11.8. The smallest absolute Gasteiger partial charge is 0.267 e. The molecule has 0 spiro atoms. The predicted octanol–water partition coefficient (Wildman–Crippen LogP) is 2.73. The minimum atomic E-state index is -3.12. The van der Waals surface area contributed by atoms with Gasteiger partial charge in [0.05, 0.1) is 11.4 Å². The quantitative estimate of drug-likeness (QED) is 0.723. The maximum atomic E-state index is 12.2. The number of likely N-dealkylation sites (N-methyl/N-ethyl adjacent to an activating group) is 1. The predicted molar refractivity (Wildman–Crippen MR) is 111 cm³/mol. The number of nitrogens with one attached hydrogen (secondary N) is 2. The van der Waals surface area contributed by atoms with Crippen molar-refractivity contribution in [2.45, 2.75) is 58.6 Å². The van der Waals surface area contributed by atoms with Crippen LogP contribution in [0.1, 0.15) is 46.5 Å². The number of ether oxygens (including phenoxy) is 1. The minimum Gasteiger partial charge on any atom is -0.479 e. The van der Waals surface area contributed by atoms with Crippen LogP contribution < -0.4 is 19.7 Å². The molecule has 0 radical (unpaired) electrons. The molecule has 2 N–H and O–H groups in total. The Morgan fingerprint density at radius 2 is 1.89 bits per heavy atom. The van der Waals surface area contributed by atoms with E-state index in [-0.39, 0.29) is 17.7 Å². The number of nitrogens with zero attached hydrogens (tertiary/aromatic N) is 1. The van der Waals surface area contributed by atoms with Crippen molar-refractivity contribution in [2.75, 3.05) is 29.1 Å². The molecule has 0 bridgehead atoms. The zero-order chi connectivity index (χ0) is 20.3. The summed E-state index contributed by atoms with van der Waals surface area (Å²) in [6, 6.07) is 5.94. The highest BCUT2D eigenvalue weighted by Crippen LogP contribution is 2.36. The van der Waals surface area contributed by atoms with Crippen LogP contribution in [0.5, 0.6) is 5.75 Å². The van der Waals surface area contributed by atoms with Crippen molar-refractivity contribution >= 4 is 27.3 Å². The van der Waals surface area contributed by atoms with Crippen LogP contribution in [0.3, 0.4) is 0 Å². The summed E-state index contributed by atoms with van der Waals surface area (Å²) < 4.78 is 32.0. The molecule has 1 atom stereocenters. The van der Waals surface area contributed by atoms with Crippen LogP contribution >= 0.6 is 0 Å². The van der Waals surface area contributed by atoms with E-state index >= 15 is 0 Å². The number of hydrogen-bond acceptors (Lipinski definition) is 5. The number of rotatable bonds is 7. The van der Waals surface area contributed by atoms with Gasteiger partial charge >= 0.3 is 0 Å². The van der Waals surface area contributed by atoms with Gasteiger partial charge < -0.3 is 15.0 Å². The van der Waals surface area contributed by atoms with Crippen LogP contribution in [-0.4, -0.2) is 45.3 Å². The lowest BCUT2D eigenvalue weighted by molar-refractivity contribution is -0.125. The Hall–Kier alpha value is -1.80. The molecule has 0 aromatic heterocycles. The van der Waals surface area contributed by atoms with E-state index in [1.54, 1.807) is 18.7 Å². The van der Waals surface area contributed by atoms with Gasteiger partial charge in [0.25, 0.3) is 5.91 Å². The number of amides is 1. The van der Waals surface area contributed by atoms with Gasteiger partial charge in [-0.1, -0.05) is 0 Å². The molecule has 0 saturated heterocycles. The summed E-state index contributed by atoms with van der Waals surface area (Å²) in [7, 11) is -3.12. The number of hydrogen-bond donors (Lipinski definition) is 2. The Labute approximate surface area is 167 Å². The topological polar surface area (TPSA) is 87.7 Å². The Morgan fingerprint density at radius 3 is 2.54 bits per heavy atom. The molecule has 2 aliphatic rings. The highest BCUT2D eigenvalue weighted by atomic mass is 32.2. The maximum Gasteiger partial charge on any atom is 0.267 e. The van der Waals surface area contributed by atoms with Gasteiger partial charge in [0.15, 0.2) is 6.10 Å². The van der Waals surface area contributed by atoms with E-state index in [2.05, 4.69) is 10.0 Å². The standard InChI is InChI=1S/C20H31N3O4S/c1-4-23-18-11-10-17(12-19(18)27-14(3)20(23)24)21-13-15-6-8-16(9-7-15)22-28(25,26)5-2/h10-12,14-16,21-22H,4-9,13H2,1-3H3/t14?,15-,16-. The fourth-order valence-electron chi connectivity index (χ4n) is 3.93. The molecule has 1 aromatic rings. The molecule has 1 fully saturated rings. The van der Waals surface area contributed by atoms with E-state index in [1.165, 1.54) is 0 Å². The van der Waals surface area contributed by atoms with Crippen LogP contribution in [0.4, 0.5) is 11.4 Å². The lowest BCUT2D eigenvalue weighted by Gasteiger charge is -2.33. The third kappa shape index (κ3) is 4.78. The van der Waals surface area contributed by atoms with Crippen molar-refractivity contribution in [3.63, 3.8) is 0 Å². The van der Waals surface area contributed by atoms with Gasteiger partial charge in [-0.25, -0.2) is 13.1 Å². The summed E-state index contributed by atoms with van der Waals surface area (Å²) in [6.45, 7) is 6.87. The molecule has 1 saturated carbocycles. The first-order valence-electron chi connectivity index (χ1n) is 10.2. The summed E-state index contributed by atoms with van der Waals surface area (Å²) in [5, 5.41) is 3.48. The molecule has 1 heterocycles. The maximum absolute atomic E-state index is 12.2. The zero-order valence-electron chi connectivity index (χ0n) is 16.9. The first kappa shape index (κ1) is 20.9. The van der Waals surface area contributed by atoms with Crippen LogP contribution in [0, 0.1) is 5.92 Å². The molecular weight excluding hydrogens is 378 g/mol. The number of carbonyl (C=O) groups is 1. The van der Waals surface area contributed by atoms with Crippen LogP contribution in [0.15, 0.2) is 18.2 Å². The monoisotopic (exact) mass is 409 g/mol. The summed E-state index contributed by atoms with van der Waals surface area (Å²) in [5.74, 6) is 1.38. The van der Waals surface area contributed by atoms with E-state index < -0.39 is 16.1 Å². The fraction of sp³-hybridized carbons (Fsp3) is 0.650. The molecular formula is C20H31N3O4S. The van der Waals surface area contributed by atoms with Crippen molar-refractivity contribution in [2.24, 2.45) is 5.92 Å². The first-order chi connectivity index (χ1) is 13.3. The van der Waals surface area contributed by atoms with Crippen molar-refractivity contribution in [1.82, 2.24) is 4.72 Å². The number of carbonyl (C=O) groups excluding carboxylic acids is 1. The lowest BCUT2D eigenvalue weighted by atomic mass is 9.86. The molecule has 1 amide bonds. The average Bonchev–Trinajstić information content (AvgIpc) is 2.68. The largest absolute Gasteiger partial charge is 0.479 e. The molecule has 1 aromatic carbocycles. The Kier molecular flexibility index (Phi) is 6.50. The minimum absolute atomic E-state index is 0.00818. The SMILES string of the molecule is CCN1C(=O)C(C)Oc2cc(NC[C@H]3CC[C@H](NS(=O)(=O)CC)CC3)ccc21. The number of sulfonamides is 1. The molecule has 8 heteroatoms. The highest BCUT2D eigenvalue weighted by Gasteiger charge is 2.30. The zero-order valence-corrected chi connectivity index (χ0v) is 17.7. The van der Waals surface area contributed by atoms with E-state index in [4.69, 9.17) is 4.74 Å². The molecule has 1 unspecified atom stereocenters. The Morgan fingerprint density at radius 1 is 1.18 bits per heavy atom. The van der Waals surface area contributed by atoms with Crippen LogP contribution in [0.2, 0.25) is 0 Å². The second-order valence-electron chi connectivity index (χ2n) is 7.64. The van der Waals surface area contributed by atoms with Crippen molar-refractivity contribution < 1.29 is 17.9 Å². The molecule has 156 valence electrons.